The van der Waals surface area contributed by atoms with Crippen LogP contribution in [0.5, 0.6) is 0 Å². The van der Waals surface area contributed by atoms with E-state index in [0.717, 1.165) is 18.2 Å². The Morgan fingerprint density at radius 3 is 2.11 bits per heavy atom. The number of carbonyl (C=O) groups excluding carboxylic acids is 2. The van der Waals surface area contributed by atoms with E-state index in [9.17, 15) is 18.0 Å². The van der Waals surface area contributed by atoms with Crippen LogP contribution >= 0.6 is 23.2 Å². The number of carbonyl (C=O) groups is 2. The molecule has 2 rings (SSSR count). The standard InChI is InChI=1S/C27H37Cl2N3O4S/c1-6-20(4)30-27(34)25(7-2)31(18-22-23(28)10-8-11-24(22)29)26(33)12-9-17-32(37(5,35)36)21-15-13-19(3)14-16-21/h8,10-11,13-16,20,25H,6-7,9,12,17-18H2,1-5H3,(H,30,34). The van der Waals surface area contributed by atoms with Crippen molar-refractivity contribution in [2.45, 2.75) is 72.0 Å². The zero-order chi connectivity index (χ0) is 27.8. The number of aryl methyl sites for hydroxylation is 1. The second kappa shape index (κ2) is 14.0. The van der Waals surface area contributed by atoms with E-state index in [1.165, 1.54) is 9.21 Å². The van der Waals surface area contributed by atoms with Crippen molar-refractivity contribution in [2.75, 3.05) is 17.1 Å². The highest BCUT2D eigenvalue weighted by atomic mass is 35.5. The van der Waals surface area contributed by atoms with Crippen molar-refractivity contribution in [1.82, 2.24) is 10.2 Å². The highest BCUT2D eigenvalue weighted by molar-refractivity contribution is 7.92. The fraction of sp³-hybridized carbons (Fsp3) is 0.481. The molecular formula is C27H37Cl2N3O4S. The van der Waals surface area contributed by atoms with Crippen LogP contribution in [-0.4, -0.2) is 50.0 Å². The summed E-state index contributed by atoms with van der Waals surface area (Å²) < 4.78 is 26.2. The Balaban J connectivity index is 2.27. The summed E-state index contributed by atoms with van der Waals surface area (Å²) in [5.41, 5.74) is 2.12. The molecule has 0 bridgehead atoms. The molecule has 2 atom stereocenters. The maximum Gasteiger partial charge on any atom is 0.243 e. The molecule has 0 saturated heterocycles. The van der Waals surface area contributed by atoms with Crippen LogP contribution in [0, 0.1) is 6.92 Å². The van der Waals surface area contributed by atoms with Crippen molar-refractivity contribution in [2.24, 2.45) is 0 Å². The number of sulfonamides is 1. The number of halogens is 2. The lowest BCUT2D eigenvalue weighted by atomic mass is 10.1. The monoisotopic (exact) mass is 569 g/mol. The maximum absolute atomic E-state index is 13.5. The molecule has 0 fully saturated rings. The third-order valence-corrected chi connectivity index (χ3v) is 8.15. The molecule has 2 amide bonds. The molecule has 204 valence electrons. The average molecular weight is 571 g/mol. The van der Waals surface area contributed by atoms with Gasteiger partial charge in [-0.25, -0.2) is 8.42 Å². The van der Waals surface area contributed by atoms with Crippen LogP contribution < -0.4 is 9.62 Å². The first-order chi connectivity index (χ1) is 17.4. The maximum atomic E-state index is 13.5. The molecule has 2 unspecified atom stereocenters. The first kappa shape index (κ1) is 30.9. The van der Waals surface area contributed by atoms with Gasteiger partial charge in [0, 0.05) is 41.2 Å². The zero-order valence-corrected chi connectivity index (χ0v) is 24.5. The van der Waals surface area contributed by atoms with Gasteiger partial charge in [0.1, 0.15) is 6.04 Å². The predicted octanol–water partition coefficient (Wildman–Crippen LogP) is 5.57. The quantitative estimate of drug-likeness (QED) is 0.341. The van der Waals surface area contributed by atoms with Gasteiger partial charge in [-0.3, -0.25) is 13.9 Å². The Hall–Kier alpha value is -2.29. The highest BCUT2D eigenvalue weighted by Gasteiger charge is 2.30. The lowest BCUT2D eigenvalue weighted by Gasteiger charge is -2.32. The Morgan fingerprint density at radius 1 is 1.00 bits per heavy atom. The third-order valence-electron chi connectivity index (χ3n) is 6.25. The van der Waals surface area contributed by atoms with Crippen molar-refractivity contribution in [1.29, 1.82) is 0 Å². The van der Waals surface area contributed by atoms with E-state index in [2.05, 4.69) is 5.32 Å². The van der Waals surface area contributed by atoms with E-state index in [0.29, 0.717) is 27.7 Å². The molecular weight excluding hydrogens is 533 g/mol. The number of amides is 2. The van der Waals surface area contributed by atoms with Gasteiger partial charge in [0.2, 0.25) is 21.8 Å². The van der Waals surface area contributed by atoms with Crippen LogP contribution in [0.4, 0.5) is 5.69 Å². The molecule has 0 spiro atoms. The molecule has 1 N–H and O–H groups in total. The van der Waals surface area contributed by atoms with Gasteiger partial charge in [0.15, 0.2) is 0 Å². The van der Waals surface area contributed by atoms with Crippen LogP contribution in [0.25, 0.3) is 0 Å². The number of rotatable bonds is 13. The van der Waals surface area contributed by atoms with Gasteiger partial charge in [-0.1, -0.05) is 60.8 Å². The SMILES string of the molecule is CCC(C)NC(=O)C(CC)N(Cc1c(Cl)cccc1Cl)C(=O)CCCN(c1ccc(C)cc1)S(C)(=O)=O. The summed E-state index contributed by atoms with van der Waals surface area (Å²) in [5, 5.41) is 3.78. The predicted molar refractivity (Wildman–Crippen MR) is 152 cm³/mol. The molecule has 10 heteroatoms. The normalized spacial score (nSPS) is 13.1. The fourth-order valence-electron chi connectivity index (χ4n) is 3.93. The first-order valence-electron chi connectivity index (χ1n) is 12.5. The molecule has 7 nitrogen and oxygen atoms in total. The van der Waals surface area contributed by atoms with Crippen molar-refractivity contribution in [3.8, 4) is 0 Å². The molecule has 2 aromatic carbocycles. The molecule has 0 saturated carbocycles. The number of hydrogen-bond donors (Lipinski definition) is 1. The van der Waals surface area contributed by atoms with Gasteiger partial charge in [0.05, 0.1) is 11.9 Å². The summed E-state index contributed by atoms with van der Waals surface area (Å²) in [6.07, 6.45) is 2.62. The molecule has 0 radical (unpaired) electrons. The van der Waals surface area contributed by atoms with Gasteiger partial charge in [0.25, 0.3) is 0 Å². The van der Waals surface area contributed by atoms with Crippen LogP contribution in [0.15, 0.2) is 42.5 Å². The van der Waals surface area contributed by atoms with Gasteiger partial charge >= 0.3 is 0 Å². The zero-order valence-electron chi connectivity index (χ0n) is 22.1. The van der Waals surface area contributed by atoms with E-state index in [4.69, 9.17) is 23.2 Å². The first-order valence-corrected chi connectivity index (χ1v) is 15.1. The van der Waals surface area contributed by atoms with E-state index >= 15 is 0 Å². The van der Waals surface area contributed by atoms with Crippen molar-refractivity contribution < 1.29 is 18.0 Å². The molecule has 0 aliphatic heterocycles. The van der Waals surface area contributed by atoms with Crippen molar-refractivity contribution >= 4 is 50.7 Å². The Labute approximate surface area is 231 Å². The summed E-state index contributed by atoms with van der Waals surface area (Å²) in [5.74, 6) is -0.523. The lowest BCUT2D eigenvalue weighted by Crippen LogP contribution is -2.50. The summed E-state index contributed by atoms with van der Waals surface area (Å²) in [7, 11) is -3.55. The third kappa shape index (κ3) is 8.90. The van der Waals surface area contributed by atoms with Gasteiger partial charge in [-0.15, -0.1) is 0 Å². The van der Waals surface area contributed by atoms with E-state index in [1.807, 2.05) is 39.8 Å². The number of nitrogens with zero attached hydrogens (tertiary/aromatic N) is 2. The minimum absolute atomic E-state index is 0.0415. The van der Waals surface area contributed by atoms with Crippen LogP contribution in [-0.2, 0) is 26.2 Å². The second-order valence-electron chi connectivity index (χ2n) is 9.24. The second-order valence-corrected chi connectivity index (χ2v) is 12.0. The van der Waals surface area contributed by atoms with E-state index < -0.39 is 16.1 Å². The van der Waals surface area contributed by atoms with E-state index in [-0.39, 0.29) is 43.8 Å². The Bertz CT molecular complexity index is 1150. The summed E-state index contributed by atoms with van der Waals surface area (Å²) in [6, 6.07) is 11.5. The van der Waals surface area contributed by atoms with Crippen LogP contribution in [0.1, 0.15) is 57.6 Å². The number of anilines is 1. The molecule has 2 aromatic rings. The Kier molecular flexibility index (Phi) is 11.7. The van der Waals surface area contributed by atoms with Gasteiger partial charge in [-0.2, -0.15) is 0 Å². The molecule has 0 aromatic heterocycles. The number of nitrogens with one attached hydrogen (secondary N) is 1. The lowest BCUT2D eigenvalue weighted by molar-refractivity contribution is -0.141. The van der Waals surface area contributed by atoms with Crippen LogP contribution in [0.2, 0.25) is 10.0 Å². The van der Waals surface area contributed by atoms with Gasteiger partial charge < -0.3 is 10.2 Å². The number of hydrogen-bond acceptors (Lipinski definition) is 4. The summed E-state index contributed by atoms with van der Waals surface area (Å²) >= 11 is 12.8. The minimum Gasteiger partial charge on any atom is -0.352 e. The average Bonchev–Trinajstić information content (AvgIpc) is 2.83. The Morgan fingerprint density at radius 2 is 1.59 bits per heavy atom. The minimum atomic E-state index is -3.55. The molecule has 37 heavy (non-hydrogen) atoms. The molecule has 0 heterocycles. The highest BCUT2D eigenvalue weighted by Crippen LogP contribution is 2.27. The molecule has 0 aliphatic carbocycles. The topological polar surface area (TPSA) is 86.8 Å². The van der Waals surface area contributed by atoms with Crippen molar-refractivity contribution in [3.63, 3.8) is 0 Å². The summed E-state index contributed by atoms with van der Waals surface area (Å²) in [4.78, 5) is 28.2. The molecule has 0 aliphatic rings. The van der Waals surface area contributed by atoms with Crippen LogP contribution in [0.3, 0.4) is 0 Å². The number of benzene rings is 2. The van der Waals surface area contributed by atoms with Gasteiger partial charge in [-0.05, 0) is 57.4 Å². The van der Waals surface area contributed by atoms with E-state index in [1.54, 1.807) is 30.3 Å². The fourth-order valence-corrected chi connectivity index (χ4v) is 5.41. The summed E-state index contributed by atoms with van der Waals surface area (Å²) in [6.45, 7) is 7.85. The van der Waals surface area contributed by atoms with Crippen molar-refractivity contribution in [3.05, 3.63) is 63.6 Å². The largest absolute Gasteiger partial charge is 0.352 e. The smallest absolute Gasteiger partial charge is 0.243 e.